The second-order valence-corrected chi connectivity index (χ2v) is 6.32. The summed E-state index contributed by atoms with van der Waals surface area (Å²) in [5, 5.41) is 3.42. The maximum absolute atomic E-state index is 12.3. The van der Waals surface area contributed by atoms with E-state index < -0.39 is 5.79 Å². The molecule has 1 aromatic rings. The van der Waals surface area contributed by atoms with Gasteiger partial charge in [-0.25, -0.2) is 0 Å². The third kappa shape index (κ3) is 4.10. The summed E-state index contributed by atoms with van der Waals surface area (Å²) in [7, 11) is 0. The Morgan fingerprint density at radius 1 is 1.22 bits per heavy atom. The zero-order valence-electron chi connectivity index (χ0n) is 13.8. The van der Waals surface area contributed by atoms with Crippen LogP contribution in [0.1, 0.15) is 37.8 Å². The minimum atomic E-state index is -0.406. The van der Waals surface area contributed by atoms with Gasteiger partial charge in [-0.1, -0.05) is 30.3 Å². The van der Waals surface area contributed by atoms with Crippen molar-refractivity contribution in [2.45, 2.75) is 38.0 Å². The molecule has 23 heavy (non-hydrogen) atoms. The highest BCUT2D eigenvalue weighted by Gasteiger charge is 2.40. The zero-order chi connectivity index (χ0) is 16.1. The molecule has 2 heterocycles. The Bertz CT molecular complexity index is 504. The molecule has 2 aliphatic rings. The van der Waals surface area contributed by atoms with Gasteiger partial charge < -0.3 is 19.7 Å². The molecule has 0 bridgehead atoms. The molecule has 0 radical (unpaired) electrons. The molecule has 2 aliphatic heterocycles. The van der Waals surface area contributed by atoms with Crippen LogP contribution in [0.2, 0.25) is 0 Å². The van der Waals surface area contributed by atoms with Gasteiger partial charge in [0.05, 0.1) is 13.2 Å². The first-order chi connectivity index (χ1) is 11.2. The average Bonchev–Trinajstić information content (AvgIpc) is 3.04. The largest absolute Gasteiger partial charge is 0.347 e. The van der Waals surface area contributed by atoms with E-state index in [9.17, 15) is 4.79 Å². The molecular formula is C18H26N2O3. The van der Waals surface area contributed by atoms with Crippen LogP contribution < -0.4 is 5.32 Å². The number of nitrogens with zero attached hydrogens (tertiary/aromatic N) is 1. The molecule has 1 N–H and O–H groups in total. The number of hydrogen-bond donors (Lipinski definition) is 1. The predicted octanol–water partition coefficient (Wildman–Crippen LogP) is 2.09. The first kappa shape index (κ1) is 16.4. The van der Waals surface area contributed by atoms with Gasteiger partial charge in [0.1, 0.15) is 0 Å². The van der Waals surface area contributed by atoms with Crippen molar-refractivity contribution in [3.63, 3.8) is 0 Å². The Kier molecular flexibility index (Phi) is 5.30. The minimum absolute atomic E-state index is 0.214. The topological polar surface area (TPSA) is 50.8 Å². The van der Waals surface area contributed by atoms with Crippen molar-refractivity contribution in [1.82, 2.24) is 10.2 Å². The highest BCUT2D eigenvalue weighted by molar-refractivity contribution is 5.76. The fourth-order valence-corrected chi connectivity index (χ4v) is 3.30. The van der Waals surface area contributed by atoms with E-state index in [0.29, 0.717) is 26.2 Å². The van der Waals surface area contributed by atoms with Crippen LogP contribution in [-0.4, -0.2) is 49.4 Å². The Balaban J connectivity index is 1.38. The average molecular weight is 318 g/mol. The summed E-state index contributed by atoms with van der Waals surface area (Å²) < 4.78 is 11.4. The maximum Gasteiger partial charge on any atom is 0.223 e. The quantitative estimate of drug-likeness (QED) is 0.903. The van der Waals surface area contributed by atoms with E-state index >= 15 is 0 Å². The highest BCUT2D eigenvalue weighted by Crippen LogP contribution is 2.31. The van der Waals surface area contributed by atoms with Gasteiger partial charge in [0, 0.05) is 44.9 Å². The normalized spacial score (nSPS) is 21.5. The fourth-order valence-electron chi connectivity index (χ4n) is 3.30. The molecule has 5 heteroatoms. The molecule has 0 saturated carbocycles. The molecule has 126 valence electrons. The predicted molar refractivity (Wildman–Crippen MR) is 87.9 cm³/mol. The lowest BCUT2D eigenvalue weighted by Crippen LogP contribution is -2.47. The number of carbonyl (C=O) groups excluding carboxylic acids is 1. The van der Waals surface area contributed by atoms with E-state index in [2.05, 4.69) is 24.4 Å². The van der Waals surface area contributed by atoms with Crippen LogP contribution in [0.5, 0.6) is 0 Å². The lowest BCUT2D eigenvalue weighted by molar-refractivity contribution is -0.187. The van der Waals surface area contributed by atoms with E-state index in [1.165, 1.54) is 5.56 Å². The highest BCUT2D eigenvalue weighted by atomic mass is 16.7. The second kappa shape index (κ2) is 7.43. The fraction of sp³-hybridized carbons (Fsp3) is 0.611. The van der Waals surface area contributed by atoms with Gasteiger partial charge in [-0.3, -0.25) is 4.79 Å². The number of ether oxygens (including phenoxy) is 2. The molecule has 3 rings (SSSR count). The Morgan fingerprint density at radius 2 is 1.87 bits per heavy atom. The number of likely N-dealkylation sites (tertiary alicyclic amines) is 1. The van der Waals surface area contributed by atoms with E-state index in [-0.39, 0.29) is 11.9 Å². The summed E-state index contributed by atoms with van der Waals surface area (Å²) >= 11 is 0. The third-order valence-corrected chi connectivity index (χ3v) is 4.78. The SMILES string of the molecule is CC(NCCC(=O)N1CCC2(CC1)OCCO2)c1ccccc1. The molecule has 2 fully saturated rings. The van der Waals surface area contributed by atoms with Crippen molar-refractivity contribution < 1.29 is 14.3 Å². The Morgan fingerprint density at radius 3 is 2.52 bits per heavy atom. The van der Waals surface area contributed by atoms with Crippen LogP contribution in [0.15, 0.2) is 30.3 Å². The molecule has 1 unspecified atom stereocenters. The van der Waals surface area contributed by atoms with Crippen LogP contribution >= 0.6 is 0 Å². The van der Waals surface area contributed by atoms with Crippen molar-refractivity contribution in [3.8, 4) is 0 Å². The van der Waals surface area contributed by atoms with Crippen LogP contribution in [-0.2, 0) is 14.3 Å². The number of piperidine rings is 1. The number of carbonyl (C=O) groups is 1. The van der Waals surface area contributed by atoms with Gasteiger partial charge in [0.15, 0.2) is 5.79 Å². The Labute approximate surface area is 137 Å². The van der Waals surface area contributed by atoms with E-state index in [0.717, 1.165) is 25.9 Å². The maximum atomic E-state index is 12.3. The standard InChI is InChI=1S/C18H26N2O3/c1-15(16-5-3-2-4-6-16)19-10-7-17(21)20-11-8-18(9-12-20)22-13-14-23-18/h2-6,15,19H,7-14H2,1H3. The molecular weight excluding hydrogens is 292 g/mol. The zero-order valence-corrected chi connectivity index (χ0v) is 13.8. The molecule has 1 spiro atoms. The molecule has 5 nitrogen and oxygen atoms in total. The summed E-state index contributed by atoms with van der Waals surface area (Å²) in [4.78, 5) is 14.3. The van der Waals surface area contributed by atoms with Crippen LogP contribution in [0.25, 0.3) is 0 Å². The van der Waals surface area contributed by atoms with Crippen LogP contribution in [0.3, 0.4) is 0 Å². The van der Waals surface area contributed by atoms with E-state index in [1.807, 2.05) is 23.1 Å². The third-order valence-electron chi connectivity index (χ3n) is 4.78. The van der Waals surface area contributed by atoms with Crippen molar-refractivity contribution in [2.75, 3.05) is 32.8 Å². The lowest BCUT2D eigenvalue weighted by atomic mass is 10.0. The summed E-state index contributed by atoms with van der Waals surface area (Å²) in [6.07, 6.45) is 2.10. The van der Waals surface area contributed by atoms with E-state index in [4.69, 9.17) is 9.47 Å². The molecule has 1 atom stereocenters. The summed E-state index contributed by atoms with van der Waals surface area (Å²) in [5.74, 6) is -0.192. The summed E-state index contributed by atoms with van der Waals surface area (Å²) in [5.41, 5.74) is 1.25. The van der Waals surface area contributed by atoms with Gasteiger partial charge >= 0.3 is 0 Å². The van der Waals surface area contributed by atoms with Crippen molar-refractivity contribution >= 4 is 5.91 Å². The first-order valence-corrected chi connectivity index (χ1v) is 8.53. The first-order valence-electron chi connectivity index (χ1n) is 8.53. The lowest BCUT2D eigenvalue weighted by Gasteiger charge is -2.37. The van der Waals surface area contributed by atoms with Gasteiger partial charge in [-0.05, 0) is 12.5 Å². The van der Waals surface area contributed by atoms with Gasteiger partial charge in [0.2, 0.25) is 5.91 Å². The number of benzene rings is 1. The molecule has 0 aliphatic carbocycles. The van der Waals surface area contributed by atoms with Gasteiger partial charge in [0.25, 0.3) is 0 Å². The number of hydrogen-bond acceptors (Lipinski definition) is 4. The van der Waals surface area contributed by atoms with Crippen molar-refractivity contribution in [1.29, 1.82) is 0 Å². The van der Waals surface area contributed by atoms with Crippen molar-refractivity contribution in [2.24, 2.45) is 0 Å². The molecule has 1 aromatic carbocycles. The van der Waals surface area contributed by atoms with Gasteiger partial charge in [-0.2, -0.15) is 0 Å². The number of rotatable bonds is 5. The van der Waals surface area contributed by atoms with Crippen LogP contribution in [0.4, 0.5) is 0 Å². The molecule has 1 amide bonds. The minimum Gasteiger partial charge on any atom is -0.347 e. The van der Waals surface area contributed by atoms with Gasteiger partial charge in [-0.15, -0.1) is 0 Å². The van der Waals surface area contributed by atoms with E-state index in [1.54, 1.807) is 0 Å². The Hall–Kier alpha value is -1.43. The smallest absolute Gasteiger partial charge is 0.223 e. The number of nitrogens with one attached hydrogen (secondary N) is 1. The number of amides is 1. The second-order valence-electron chi connectivity index (χ2n) is 6.32. The molecule has 0 aromatic heterocycles. The summed E-state index contributed by atoms with van der Waals surface area (Å²) in [6.45, 7) is 5.63. The summed E-state index contributed by atoms with van der Waals surface area (Å²) in [6, 6.07) is 10.6. The molecule has 2 saturated heterocycles. The monoisotopic (exact) mass is 318 g/mol. The van der Waals surface area contributed by atoms with Crippen LogP contribution in [0, 0.1) is 0 Å². The van der Waals surface area contributed by atoms with Crippen molar-refractivity contribution in [3.05, 3.63) is 35.9 Å².